The van der Waals surface area contributed by atoms with Crippen LogP contribution in [0.1, 0.15) is 34.8 Å². The molecule has 2 fully saturated rings. The number of amides is 1. The molecule has 0 radical (unpaired) electrons. The average molecular weight is 320 g/mol. The van der Waals surface area contributed by atoms with Gasteiger partial charge in [-0.05, 0) is 30.5 Å². The lowest BCUT2D eigenvalue weighted by Gasteiger charge is -2.32. The van der Waals surface area contributed by atoms with E-state index >= 15 is 0 Å². The Morgan fingerprint density at radius 3 is 2.64 bits per heavy atom. The molecule has 118 valence electrons. The van der Waals surface area contributed by atoms with Crippen LogP contribution < -0.4 is 5.32 Å². The molecule has 1 aromatic rings. The highest BCUT2D eigenvalue weighted by atomic mass is 32.2. The third-order valence-corrected chi connectivity index (χ3v) is 4.96. The summed E-state index contributed by atoms with van der Waals surface area (Å²) in [6, 6.07) is 6.66. The number of hydrogen-bond donors (Lipinski definition) is 2. The topological polar surface area (TPSA) is 69.6 Å². The molecule has 0 bridgehead atoms. The van der Waals surface area contributed by atoms with Crippen LogP contribution in [0.15, 0.2) is 24.3 Å². The molecule has 1 aromatic carbocycles. The van der Waals surface area contributed by atoms with Crippen LogP contribution in [-0.4, -0.2) is 52.5 Å². The van der Waals surface area contributed by atoms with Gasteiger partial charge in [-0.2, -0.15) is 11.8 Å². The molecular formula is C16H20N2O3S. The number of benzene rings is 1. The Bertz CT molecular complexity index is 568. The van der Waals surface area contributed by atoms with Gasteiger partial charge in [0.05, 0.1) is 0 Å². The minimum absolute atomic E-state index is 0.109. The van der Waals surface area contributed by atoms with Crippen molar-refractivity contribution in [1.29, 1.82) is 0 Å². The van der Waals surface area contributed by atoms with Crippen LogP contribution in [0.2, 0.25) is 0 Å². The number of carbonyl (C=O) groups is 2. The quantitative estimate of drug-likeness (QED) is 0.865. The second-order valence-corrected chi connectivity index (χ2v) is 6.99. The third kappa shape index (κ3) is 3.62. The minimum atomic E-state index is -0.855. The summed E-state index contributed by atoms with van der Waals surface area (Å²) < 4.78 is 0. The molecule has 0 aromatic heterocycles. The van der Waals surface area contributed by atoms with E-state index in [1.54, 1.807) is 24.3 Å². The van der Waals surface area contributed by atoms with Crippen molar-refractivity contribution in [3.8, 4) is 0 Å². The Morgan fingerprint density at radius 1 is 1.27 bits per heavy atom. The molecule has 1 heterocycles. The summed E-state index contributed by atoms with van der Waals surface area (Å²) in [5.41, 5.74) is 1.23. The average Bonchev–Trinajstić information content (AvgIpc) is 3.32. The highest BCUT2D eigenvalue weighted by Crippen LogP contribution is 2.26. The molecule has 1 atom stereocenters. The number of carboxylic acid groups (broad SMARTS) is 1. The molecule has 1 aliphatic carbocycles. The molecule has 2 aliphatic rings. The highest BCUT2D eigenvalue weighted by molar-refractivity contribution is 7.99. The van der Waals surface area contributed by atoms with E-state index in [1.807, 2.05) is 16.7 Å². The van der Waals surface area contributed by atoms with Crippen molar-refractivity contribution in [3.63, 3.8) is 0 Å². The number of carbonyl (C=O) groups excluding carboxylic acids is 1. The van der Waals surface area contributed by atoms with Crippen molar-refractivity contribution in [1.82, 2.24) is 10.2 Å². The molecule has 0 spiro atoms. The van der Waals surface area contributed by atoms with Gasteiger partial charge in [-0.3, -0.25) is 14.5 Å². The molecule has 2 N–H and O–H groups in total. The van der Waals surface area contributed by atoms with E-state index in [0.29, 0.717) is 17.2 Å². The van der Waals surface area contributed by atoms with Gasteiger partial charge in [-0.15, -0.1) is 0 Å². The van der Waals surface area contributed by atoms with Crippen molar-refractivity contribution in [2.75, 3.05) is 24.6 Å². The van der Waals surface area contributed by atoms with Crippen LogP contribution in [0, 0.1) is 0 Å². The molecule has 1 unspecified atom stereocenters. The second kappa shape index (κ2) is 6.71. The number of nitrogens with one attached hydrogen (secondary N) is 1. The lowest BCUT2D eigenvalue weighted by molar-refractivity contribution is -0.143. The fraction of sp³-hybridized carbons (Fsp3) is 0.500. The van der Waals surface area contributed by atoms with Gasteiger partial charge in [0.25, 0.3) is 5.91 Å². The van der Waals surface area contributed by atoms with Crippen LogP contribution in [0.4, 0.5) is 0 Å². The molecule has 1 aliphatic heterocycles. The van der Waals surface area contributed by atoms with Crippen molar-refractivity contribution in [2.24, 2.45) is 0 Å². The predicted molar refractivity (Wildman–Crippen MR) is 86.2 cm³/mol. The number of hydrogen-bond acceptors (Lipinski definition) is 4. The van der Waals surface area contributed by atoms with Gasteiger partial charge in [0.1, 0.15) is 6.04 Å². The molecule has 22 heavy (non-hydrogen) atoms. The SMILES string of the molecule is O=C(NC1CC1)c1cccc(C(C(=O)O)N2CCSCC2)c1. The van der Waals surface area contributed by atoms with E-state index in [9.17, 15) is 14.7 Å². The lowest BCUT2D eigenvalue weighted by Crippen LogP contribution is -2.39. The summed E-state index contributed by atoms with van der Waals surface area (Å²) in [5, 5.41) is 12.6. The molecule has 1 saturated carbocycles. The summed E-state index contributed by atoms with van der Waals surface area (Å²) in [6.07, 6.45) is 2.07. The molecule has 6 heteroatoms. The van der Waals surface area contributed by atoms with Gasteiger partial charge in [0.15, 0.2) is 0 Å². The van der Waals surface area contributed by atoms with Crippen LogP contribution in [0.5, 0.6) is 0 Å². The van der Waals surface area contributed by atoms with E-state index in [0.717, 1.165) is 37.4 Å². The standard InChI is InChI=1S/C16H20N2O3S/c19-15(17-13-4-5-13)12-3-1-2-11(10-12)14(16(20)21)18-6-8-22-9-7-18/h1-3,10,13-14H,4-9H2,(H,17,19)(H,20,21). The first kappa shape index (κ1) is 15.4. The van der Waals surface area contributed by atoms with Gasteiger partial charge in [-0.1, -0.05) is 12.1 Å². The fourth-order valence-electron chi connectivity index (χ4n) is 2.69. The summed E-state index contributed by atoms with van der Waals surface area (Å²) in [5.74, 6) is 0.936. The van der Waals surface area contributed by atoms with Crippen LogP contribution in [0.25, 0.3) is 0 Å². The number of carboxylic acids is 1. The van der Waals surface area contributed by atoms with E-state index in [1.165, 1.54) is 0 Å². The smallest absolute Gasteiger partial charge is 0.325 e. The summed E-state index contributed by atoms with van der Waals surface area (Å²) >= 11 is 1.85. The second-order valence-electron chi connectivity index (χ2n) is 5.76. The van der Waals surface area contributed by atoms with Crippen molar-refractivity contribution in [2.45, 2.75) is 24.9 Å². The van der Waals surface area contributed by atoms with Crippen LogP contribution >= 0.6 is 11.8 Å². The first-order chi connectivity index (χ1) is 10.6. The molecule has 1 amide bonds. The normalized spacial score (nSPS) is 20.4. The van der Waals surface area contributed by atoms with Crippen molar-refractivity contribution in [3.05, 3.63) is 35.4 Å². The zero-order valence-corrected chi connectivity index (χ0v) is 13.1. The van der Waals surface area contributed by atoms with E-state index < -0.39 is 12.0 Å². The first-order valence-corrected chi connectivity index (χ1v) is 8.76. The summed E-state index contributed by atoms with van der Waals surface area (Å²) in [7, 11) is 0. The summed E-state index contributed by atoms with van der Waals surface area (Å²) in [6.45, 7) is 1.53. The van der Waals surface area contributed by atoms with Gasteiger partial charge < -0.3 is 10.4 Å². The molecular weight excluding hydrogens is 300 g/mol. The Morgan fingerprint density at radius 2 is 2.00 bits per heavy atom. The maximum Gasteiger partial charge on any atom is 0.325 e. The molecule has 5 nitrogen and oxygen atoms in total. The van der Waals surface area contributed by atoms with Crippen molar-refractivity contribution >= 4 is 23.6 Å². The Kier molecular flexibility index (Phi) is 4.69. The monoisotopic (exact) mass is 320 g/mol. The van der Waals surface area contributed by atoms with E-state index in [4.69, 9.17) is 0 Å². The Balaban J connectivity index is 1.80. The number of aliphatic carboxylic acids is 1. The number of nitrogens with zero attached hydrogens (tertiary/aromatic N) is 1. The Hall–Kier alpha value is -1.53. The van der Waals surface area contributed by atoms with Crippen LogP contribution in [-0.2, 0) is 4.79 Å². The maximum absolute atomic E-state index is 12.1. The third-order valence-electron chi connectivity index (χ3n) is 4.02. The highest BCUT2D eigenvalue weighted by Gasteiger charge is 2.29. The molecule has 3 rings (SSSR count). The molecule has 1 saturated heterocycles. The van der Waals surface area contributed by atoms with Gasteiger partial charge >= 0.3 is 5.97 Å². The maximum atomic E-state index is 12.1. The van der Waals surface area contributed by atoms with Gasteiger partial charge in [-0.25, -0.2) is 0 Å². The van der Waals surface area contributed by atoms with Crippen molar-refractivity contribution < 1.29 is 14.7 Å². The fourth-order valence-corrected chi connectivity index (χ4v) is 3.62. The lowest BCUT2D eigenvalue weighted by atomic mass is 10.0. The van der Waals surface area contributed by atoms with E-state index in [2.05, 4.69) is 5.32 Å². The number of rotatable bonds is 5. The van der Waals surface area contributed by atoms with E-state index in [-0.39, 0.29) is 5.91 Å². The largest absolute Gasteiger partial charge is 0.480 e. The minimum Gasteiger partial charge on any atom is -0.480 e. The van der Waals surface area contributed by atoms with Gasteiger partial charge in [0.2, 0.25) is 0 Å². The summed E-state index contributed by atoms with van der Waals surface area (Å²) in [4.78, 5) is 25.8. The Labute approximate surface area is 134 Å². The first-order valence-electron chi connectivity index (χ1n) is 7.60. The van der Waals surface area contributed by atoms with Crippen LogP contribution in [0.3, 0.4) is 0 Å². The zero-order valence-electron chi connectivity index (χ0n) is 12.3. The predicted octanol–water partition coefficient (Wildman–Crippen LogP) is 1.75. The zero-order chi connectivity index (χ0) is 15.5. The van der Waals surface area contributed by atoms with Gasteiger partial charge in [0, 0.05) is 36.2 Å². The number of thioether (sulfide) groups is 1.